The van der Waals surface area contributed by atoms with Crippen molar-refractivity contribution in [2.75, 3.05) is 39.3 Å². The molecule has 0 atom stereocenters. The van der Waals surface area contributed by atoms with Crippen molar-refractivity contribution in [1.82, 2.24) is 10.2 Å². The van der Waals surface area contributed by atoms with Crippen LogP contribution < -0.4 is 5.32 Å². The smallest absolute Gasteiger partial charge is 0.314 e. The number of piperazine rings is 1. The van der Waals surface area contributed by atoms with Gasteiger partial charge in [-0.25, -0.2) is 4.79 Å². The first-order valence-corrected chi connectivity index (χ1v) is 4.58. The summed E-state index contributed by atoms with van der Waals surface area (Å²) in [6, 6.07) is 0. The van der Waals surface area contributed by atoms with E-state index < -0.39 is 0 Å². The Morgan fingerprint density at radius 2 is 2.15 bits per heavy atom. The Bertz CT molecular complexity index is 157. The molecule has 5 heteroatoms. The van der Waals surface area contributed by atoms with Crippen molar-refractivity contribution >= 4 is 5.97 Å². The van der Waals surface area contributed by atoms with E-state index in [0.717, 1.165) is 26.2 Å². The lowest BCUT2D eigenvalue weighted by molar-refractivity contribution is -0.270. The molecule has 1 N–H and O–H groups in total. The largest absolute Gasteiger partial charge is 0.356 e. The Balaban J connectivity index is 2.11. The summed E-state index contributed by atoms with van der Waals surface area (Å²) in [5.74, 6) is -0.316. The minimum atomic E-state index is -0.316. The Morgan fingerprint density at radius 1 is 1.46 bits per heavy atom. The predicted octanol–water partition coefficient (Wildman–Crippen LogP) is -0.614. The molecule has 0 amide bonds. The number of carbonyl (C=O) groups excluding carboxylic acids is 1. The Hall–Kier alpha value is -0.650. The van der Waals surface area contributed by atoms with Gasteiger partial charge >= 0.3 is 5.97 Å². The van der Waals surface area contributed by atoms with E-state index in [-0.39, 0.29) is 5.97 Å². The number of hydrogen-bond acceptors (Lipinski definition) is 5. The molecule has 0 aromatic carbocycles. The normalized spacial score (nSPS) is 18.5. The van der Waals surface area contributed by atoms with Crippen molar-refractivity contribution in [3.05, 3.63) is 0 Å². The third-order valence-corrected chi connectivity index (χ3v) is 1.83. The molecule has 76 valence electrons. The van der Waals surface area contributed by atoms with Gasteiger partial charge in [0.2, 0.25) is 0 Å². The minimum Gasteiger partial charge on any atom is -0.314 e. The van der Waals surface area contributed by atoms with E-state index in [4.69, 9.17) is 0 Å². The van der Waals surface area contributed by atoms with Gasteiger partial charge in [0.15, 0.2) is 0 Å². The van der Waals surface area contributed by atoms with Crippen molar-refractivity contribution in [3.63, 3.8) is 0 Å². The number of rotatable bonds is 4. The first-order valence-electron chi connectivity index (χ1n) is 4.58. The second kappa shape index (κ2) is 5.90. The molecule has 0 saturated carbocycles. The van der Waals surface area contributed by atoms with Crippen LogP contribution in [0, 0.1) is 0 Å². The van der Waals surface area contributed by atoms with E-state index in [1.165, 1.54) is 0 Å². The monoisotopic (exact) mass is 188 g/mol. The molecule has 0 aromatic rings. The second-order valence-corrected chi connectivity index (χ2v) is 2.89. The molecule has 13 heavy (non-hydrogen) atoms. The molecular weight excluding hydrogens is 172 g/mol. The van der Waals surface area contributed by atoms with Gasteiger partial charge in [0.25, 0.3) is 0 Å². The van der Waals surface area contributed by atoms with Crippen LogP contribution in [-0.2, 0) is 14.6 Å². The van der Waals surface area contributed by atoms with Crippen molar-refractivity contribution in [3.8, 4) is 0 Å². The van der Waals surface area contributed by atoms with Crippen LogP contribution in [0.2, 0.25) is 0 Å². The van der Waals surface area contributed by atoms with E-state index >= 15 is 0 Å². The molecule has 1 aliphatic rings. The lowest BCUT2D eigenvalue weighted by atomic mass is 10.3. The topological polar surface area (TPSA) is 50.8 Å². The number of carbonyl (C=O) groups is 1. The van der Waals surface area contributed by atoms with Gasteiger partial charge in [-0.3, -0.25) is 9.79 Å². The zero-order valence-electron chi connectivity index (χ0n) is 7.91. The van der Waals surface area contributed by atoms with Gasteiger partial charge in [0.05, 0.1) is 6.61 Å². The molecule has 1 heterocycles. The van der Waals surface area contributed by atoms with Crippen LogP contribution in [0.15, 0.2) is 0 Å². The highest BCUT2D eigenvalue weighted by molar-refractivity contribution is 5.70. The predicted molar refractivity (Wildman–Crippen MR) is 47.0 cm³/mol. The van der Waals surface area contributed by atoms with Gasteiger partial charge < -0.3 is 5.32 Å². The molecular formula is C8H16N2O3. The average Bonchev–Trinajstić information content (AvgIpc) is 2.16. The third kappa shape index (κ3) is 4.21. The van der Waals surface area contributed by atoms with Crippen LogP contribution >= 0.6 is 0 Å². The van der Waals surface area contributed by atoms with Crippen molar-refractivity contribution in [2.24, 2.45) is 0 Å². The Kier molecular flexibility index (Phi) is 4.74. The fraction of sp³-hybridized carbons (Fsp3) is 0.875. The fourth-order valence-corrected chi connectivity index (χ4v) is 1.20. The van der Waals surface area contributed by atoms with Crippen LogP contribution in [-0.4, -0.2) is 50.2 Å². The second-order valence-electron chi connectivity index (χ2n) is 2.89. The molecule has 0 aliphatic carbocycles. The first kappa shape index (κ1) is 10.4. The van der Waals surface area contributed by atoms with Gasteiger partial charge in [-0.1, -0.05) is 0 Å². The zero-order chi connectivity index (χ0) is 9.52. The molecule has 5 nitrogen and oxygen atoms in total. The van der Waals surface area contributed by atoms with Gasteiger partial charge in [-0.15, -0.1) is 0 Å². The standard InChI is InChI=1S/C8H16N2O3/c1-2-12-13-8(11)7-10-5-3-9-4-6-10/h9H,2-7H2,1H3. The highest BCUT2D eigenvalue weighted by Gasteiger charge is 2.14. The Morgan fingerprint density at radius 3 is 2.77 bits per heavy atom. The highest BCUT2D eigenvalue weighted by Crippen LogP contribution is 1.93. The molecule has 0 spiro atoms. The molecule has 0 unspecified atom stereocenters. The Labute approximate surface area is 77.9 Å². The molecule has 0 bridgehead atoms. The number of hydrogen-bond donors (Lipinski definition) is 1. The van der Waals surface area contributed by atoms with Gasteiger partial charge in [0.1, 0.15) is 6.54 Å². The molecule has 0 aromatic heterocycles. The molecule has 0 radical (unpaired) electrons. The van der Waals surface area contributed by atoms with Crippen LogP contribution in [0.4, 0.5) is 0 Å². The average molecular weight is 188 g/mol. The summed E-state index contributed by atoms with van der Waals surface area (Å²) in [4.78, 5) is 22.1. The lowest BCUT2D eigenvalue weighted by Crippen LogP contribution is -2.45. The quantitative estimate of drug-likeness (QED) is 0.471. The van der Waals surface area contributed by atoms with Gasteiger partial charge in [-0.2, -0.15) is 4.89 Å². The maximum atomic E-state index is 11.1. The minimum absolute atomic E-state index is 0.316. The van der Waals surface area contributed by atoms with E-state index in [2.05, 4.69) is 15.1 Å². The van der Waals surface area contributed by atoms with Crippen LogP contribution in [0.3, 0.4) is 0 Å². The third-order valence-electron chi connectivity index (χ3n) is 1.83. The summed E-state index contributed by atoms with van der Waals surface area (Å²) in [6.45, 7) is 6.14. The summed E-state index contributed by atoms with van der Waals surface area (Å²) in [7, 11) is 0. The van der Waals surface area contributed by atoms with Crippen LogP contribution in [0.1, 0.15) is 6.92 Å². The molecule has 1 saturated heterocycles. The van der Waals surface area contributed by atoms with Crippen molar-refractivity contribution in [2.45, 2.75) is 6.92 Å². The van der Waals surface area contributed by atoms with Crippen molar-refractivity contribution in [1.29, 1.82) is 0 Å². The zero-order valence-corrected chi connectivity index (χ0v) is 7.91. The van der Waals surface area contributed by atoms with E-state index in [1.807, 2.05) is 4.90 Å². The first-order chi connectivity index (χ1) is 6.33. The van der Waals surface area contributed by atoms with Gasteiger partial charge in [0, 0.05) is 26.2 Å². The van der Waals surface area contributed by atoms with Crippen LogP contribution in [0.5, 0.6) is 0 Å². The number of nitrogens with one attached hydrogen (secondary N) is 1. The fourth-order valence-electron chi connectivity index (χ4n) is 1.20. The van der Waals surface area contributed by atoms with Gasteiger partial charge in [-0.05, 0) is 6.92 Å². The lowest BCUT2D eigenvalue weighted by Gasteiger charge is -2.25. The molecule has 1 aliphatic heterocycles. The highest BCUT2D eigenvalue weighted by atomic mass is 17.2. The summed E-state index contributed by atoms with van der Waals surface area (Å²) in [6.07, 6.45) is 0. The maximum absolute atomic E-state index is 11.1. The summed E-state index contributed by atoms with van der Waals surface area (Å²) in [5, 5.41) is 3.21. The van der Waals surface area contributed by atoms with Crippen molar-refractivity contribution < 1.29 is 14.6 Å². The summed E-state index contributed by atoms with van der Waals surface area (Å²) >= 11 is 0. The summed E-state index contributed by atoms with van der Waals surface area (Å²) < 4.78 is 0. The number of nitrogens with zero attached hydrogens (tertiary/aromatic N) is 1. The summed E-state index contributed by atoms with van der Waals surface area (Å²) in [5.41, 5.74) is 0. The van der Waals surface area contributed by atoms with E-state index in [9.17, 15) is 4.79 Å². The van der Waals surface area contributed by atoms with E-state index in [0.29, 0.717) is 13.2 Å². The van der Waals surface area contributed by atoms with E-state index in [1.54, 1.807) is 6.92 Å². The molecule has 1 rings (SSSR count). The maximum Gasteiger partial charge on any atom is 0.356 e. The SMILES string of the molecule is CCOOC(=O)CN1CCNCC1. The van der Waals surface area contributed by atoms with Crippen LogP contribution in [0.25, 0.3) is 0 Å². The molecule has 1 fully saturated rings.